The average molecular weight is 967 g/mol. The Morgan fingerprint density at radius 3 is 2.53 bits per heavy atom. The van der Waals surface area contributed by atoms with E-state index in [1.165, 1.54) is 22.8 Å². The van der Waals surface area contributed by atoms with E-state index in [2.05, 4.69) is 56.9 Å². The Labute approximate surface area is 399 Å². The number of alkyl halides is 1. The number of amides is 1. The number of nitrogens with zero attached hydrogens (tertiary/aromatic N) is 6. The molecule has 3 aliphatic heterocycles. The van der Waals surface area contributed by atoms with Crippen molar-refractivity contribution in [2.75, 3.05) is 80.8 Å². The van der Waals surface area contributed by atoms with Crippen LogP contribution in [0.4, 0.5) is 32.8 Å². The zero-order chi connectivity index (χ0) is 47.8. The lowest BCUT2D eigenvalue weighted by Crippen LogP contribution is -2.47. The van der Waals surface area contributed by atoms with Crippen LogP contribution in [0.15, 0.2) is 89.5 Å². The Morgan fingerprint density at radius 1 is 1.03 bits per heavy atom. The lowest BCUT2D eigenvalue weighted by Gasteiger charge is -2.39. The fraction of sp³-hybridized carbons (Fsp3) is 0.408. The molecule has 2 saturated heterocycles. The molecule has 0 saturated carbocycles. The number of carbonyl (C=O) groups is 1. The number of anilines is 4. The molecule has 16 nitrogen and oxygen atoms in total. The molecule has 0 bridgehead atoms. The van der Waals surface area contributed by atoms with Crippen molar-refractivity contribution in [2.24, 2.45) is 11.3 Å². The molecule has 1 amide bonds. The summed E-state index contributed by atoms with van der Waals surface area (Å²) in [6.45, 7) is 8.67. The number of fused-ring (bicyclic) bond motifs is 2. The van der Waals surface area contributed by atoms with Crippen molar-refractivity contribution >= 4 is 72.6 Å². The maximum Gasteiger partial charge on any atom is 0.293 e. The van der Waals surface area contributed by atoms with Crippen LogP contribution in [0.1, 0.15) is 61.9 Å². The van der Waals surface area contributed by atoms with E-state index in [0.717, 1.165) is 62.1 Å². The lowest BCUT2D eigenvalue weighted by molar-refractivity contribution is -0.384. The van der Waals surface area contributed by atoms with E-state index in [1.54, 1.807) is 23.2 Å². The summed E-state index contributed by atoms with van der Waals surface area (Å²) < 4.78 is 56.8. The van der Waals surface area contributed by atoms with Gasteiger partial charge in [0.25, 0.3) is 21.6 Å². The Bertz CT molecular complexity index is 2930. The number of sulfonamides is 1. The predicted molar refractivity (Wildman–Crippen MR) is 259 cm³/mol. The number of H-pyrrole nitrogens is 1. The normalized spacial score (nSPS) is 19.7. The standard InChI is InChI=1S/C49H53ClFN9O7S/c1-48(2)13-11-35(40(26-48)33-3-5-36(50)6-4-33)29-57-17-19-58(20-18-57)37-7-9-39(42(24-37)59-28-32(27-52)30-67-47-44(59)23-34-12-16-53-45(34)55-47)46(61)56-68(64,65)38-8-10-41(43(25-38)60(62)63)54-31-49(51)14-21-66-22-15-49/h3-10,12,16,23-25,32,54H,11,13-15,17-22,26,28-31H2,1-2H3,(H,53,55)(H,56,61). The van der Waals surface area contributed by atoms with Crippen LogP contribution in [0.3, 0.4) is 0 Å². The SMILES string of the molecule is CC1(C)CCC(CN2CCN(c3ccc(C(=O)NS(=O)(=O)c4ccc(NCC5(F)CCOCC5)c([N+](=O)[O-])c4)c(N4CC(C#N)COc5nc6[nH]ccc6cc54)c3)CC2)=C(c2ccc(Cl)cc2)C1. The number of piperazine rings is 1. The molecule has 1 atom stereocenters. The molecule has 9 rings (SSSR count). The van der Waals surface area contributed by atoms with Crippen LogP contribution in [-0.2, 0) is 14.8 Å². The third-order valence-electron chi connectivity index (χ3n) is 13.5. The van der Waals surface area contributed by atoms with Crippen molar-refractivity contribution in [3.63, 3.8) is 0 Å². The fourth-order valence-corrected chi connectivity index (χ4v) is 10.6. The molecule has 0 spiro atoms. The van der Waals surface area contributed by atoms with Crippen molar-refractivity contribution in [1.29, 1.82) is 5.26 Å². The van der Waals surface area contributed by atoms with Crippen molar-refractivity contribution in [3.05, 3.63) is 111 Å². The number of benzene rings is 3. The highest BCUT2D eigenvalue weighted by molar-refractivity contribution is 7.90. The predicted octanol–water partition coefficient (Wildman–Crippen LogP) is 8.63. The molecule has 19 heteroatoms. The molecule has 2 fully saturated rings. The molecule has 5 aromatic rings. The van der Waals surface area contributed by atoms with Crippen LogP contribution in [-0.4, -0.2) is 105 Å². The highest BCUT2D eigenvalue weighted by Crippen LogP contribution is 2.44. The molecule has 0 radical (unpaired) electrons. The number of nitriles is 1. The zero-order valence-corrected chi connectivity index (χ0v) is 39.5. The topological polar surface area (TPSA) is 199 Å². The first-order chi connectivity index (χ1) is 32.6. The monoisotopic (exact) mass is 965 g/mol. The van der Waals surface area contributed by atoms with Gasteiger partial charge in [0, 0.05) is 100 Å². The van der Waals surface area contributed by atoms with Gasteiger partial charge in [-0.05, 0) is 90.4 Å². The van der Waals surface area contributed by atoms with Crippen LogP contribution in [0.2, 0.25) is 5.02 Å². The van der Waals surface area contributed by atoms with Crippen molar-refractivity contribution in [2.45, 2.75) is 56.5 Å². The number of halogens is 2. The van der Waals surface area contributed by atoms with Crippen molar-refractivity contribution < 1.29 is 32.0 Å². The number of aromatic amines is 1. The first-order valence-electron chi connectivity index (χ1n) is 22.8. The van der Waals surface area contributed by atoms with Crippen LogP contribution in [0.5, 0.6) is 5.88 Å². The van der Waals surface area contributed by atoms with E-state index in [9.17, 15) is 28.6 Å². The number of hydrogen-bond acceptors (Lipinski definition) is 13. The number of nitro groups is 1. The number of nitro benzene ring substituents is 1. The zero-order valence-electron chi connectivity index (χ0n) is 37.9. The number of hydrogen-bond donors (Lipinski definition) is 3. The summed E-state index contributed by atoms with van der Waals surface area (Å²) in [6, 6.07) is 22.4. The molecule has 1 aliphatic carbocycles. The Morgan fingerprint density at radius 2 is 1.79 bits per heavy atom. The van der Waals surface area contributed by atoms with E-state index in [0.29, 0.717) is 35.1 Å². The quantitative estimate of drug-likeness (QED) is 0.0794. The molecule has 3 N–H and O–H groups in total. The minimum atomic E-state index is -4.72. The van der Waals surface area contributed by atoms with Crippen LogP contribution >= 0.6 is 11.6 Å². The Kier molecular flexibility index (Phi) is 13.1. The van der Waals surface area contributed by atoms with E-state index >= 15 is 4.39 Å². The second kappa shape index (κ2) is 19.0. The lowest BCUT2D eigenvalue weighted by atomic mass is 9.72. The van der Waals surface area contributed by atoms with Gasteiger partial charge >= 0.3 is 0 Å². The van der Waals surface area contributed by atoms with Gasteiger partial charge in [-0.2, -0.15) is 10.2 Å². The van der Waals surface area contributed by atoms with E-state index in [4.69, 9.17) is 26.1 Å². The van der Waals surface area contributed by atoms with Gasteiger partial charge in [-0.1, -0.05) is 43.2 Å². The number of pyridine rings is 1. The third kappa shape index (κ3) is 10.1. The van der Waals surface area contributed by atoms with Crippen LogP contribution in [0, 0.1) is 32.8 Å². The summed E-state index contributed by atoms with van der Waals surface area (Å²) in [6.07, 6.45) is 5.06. The highest BCUT2D eigenvalue weighted by Gasteiger charge is 2.35. The number of carbonyl (C=O) groups excluding carboxylic acids is 1. The average Bonchev–Trinajstić information content (AvgIpc) is 3.71. The number of aromatic nitrogens is 2. The second-order valence-corrected chi connectivity index (χ2v) is 21.0. The van der Waals surface area contributed by atoms with Gasteiger partial charge in [-0.15, -0.1) is 0 Å². The summed E-state index contributed by atoms with van der Waals surface area (Å²) in [5.41, 5.74) is 3.99. The second-order valence-electron chi connectivity index (χ2n) is 18.9. The van der Waals surface area contributed by atoms with Gasteiger partial charge in [-0.3, -0.25) is 19.8 Å². The first kappa shape index (κ1) is 46.8. The van der Waals surface area contributed by atoms with E-state index < -0.39 is 43.0 Å². The summed E-state index contributed by atoms with van der Waals surface area (Å²) in [7, 11) is -4.72. The maximum absolute atomic E-state index is 15.4. The molecular formula is C49H53ClFN9O7S. The maximum atomic E-state index is 15.4. The molecule has 3 aromatic carbocycles. The number of ether oxygens (including phenoxy) is 2. The molecule has 5 heterocycles. The van der Waals surface area contributed by atoms with E-state index in [1.807, 2.05) is 30.3 Å². The number of rotatable bonds is 12. The fourth-order valence-electron chi connectivity index (χ4n) is 9.52. The number of allylic oxidation sites excluding steroid dienone is 1. The molecular weight excluding hydrogens is 913 g/mol. The molecule has 68 heavy (non-hydrogen) atoms. The molecule has 356 valence electrons. The molecule has 4 aliphatic rings. The summed E-state index contributed by atoms with van der Waals surface area (Å²) >= 11 is 6.27. The van der Waals surface area contributed by atoms with Gasteiger partial charge in [0.1, 0.15) is 29.3 Å². The van der Waals surface area contributed by atoms with Gasteiger partial charge < -0.3 is 29.6 Å². The summed E-state index contributed by atoms with van der Waals surface area (Å²) in [5, 5.41) is 26.7. The summed E-state index contributed by atoms with van der Waals surface area (Å²) in [5.74, 6) is -1.44. The van der Waals surface area contributed by atoms with Crippen molar-refractivity contribution in [3.8, 4) is 11.9 Å². The van der Waals surface area contributed by atoms with Gasteiger partial charge in [0.2, 0.25) is 5.88 Å². The molecule has 2 aromatic heterocycles. The number of nitrogens with one attached hydrogen (secondary N) is 3. The minimum absolute atomic E-state index is 0.0226. The largest absolute Gasteiger partial charge is 0.475 e. The van der Waals surface area contributed by atoms with Gasteiger partial charge in [-0.25, -0.2) is 17.5 Å². The first-order valence-corrected chi connectivity index (χ1v) is 24.7. The smallest absolute Gasteiger partial charge is 0.293 e. The van der Waals surface area contributed by atoms with E-state index in [-0.39, 0.29) is 68.3 Å². The van der Waals surface area contributed by atoms with Crippen LogP contribution < -0.4 is 24.6 Å². The van der Waals surface area contributed by atoms with Crippen molar-refractivity contribution in [1.82, 2.24) is 19.6 Å². The molecule has 1 unspecified atom stereocenters. The highest BCUT2D eigenvalue weighted by atomic mass is 35.5. The minimum Gasteiger partial charge on any atom is -0.475 e. The van der Waals surface area contributed by atoms with Crippen LogP contribution in [0.25, 0.3) is 16.6 Å². The summed E-state index contributed by atoms with van der Waals surface area (Å²) in [4.78, 5) is 39.6. The van der Waals surface area contributed by atoms with Gasteiger partial charge in [0.05, 0.1) is 33.1 Å². The third-order valence-corrected chi connectivity index (χ3v) is 15.1. The van der Waals surface area contributed by atoms with Gasteiger partial charge in [0.15, 0.2) is 0 Å². The Balaban J connectivity index is 1.01. The Hall–Kier alpha value is -6.26.